The second-order valence-corrected chi connectivity index (χ2v) is 6.93. The van der Waals surface area contributed by atoms with E-state index in [4.69, 9.17) is 27.7 Å². The number of nitrogens with zero attached hydrogens (tertiary/aromatic N) is 1. The number of anilines is 1. The summed E-state index contributed by atoms with van der Waals surface area (Å²) < 4.78 is 5.17. The molecule has 3 rings (SSSR count). The van der Waals surface area contributed by atoms with E-state index in [2.05, 4.69) is 10.5 Å². The normalized spacial score (nSPS) is 10.8. The lowest BCUT2D eigenvalue weighted by Gasteiger charge is -2.04. The van der Waals surface area contributed by atoms with Gasteiger partial charge < -0.3 is 9.84 Å². The van der Waals surface area contributed by atoms with Crippen molar-refractivity contribution in [3.8, 4) is 10.4 Å². The summed E-state index contributed by atoms with van der Waals surface area (Å²) in [5.74, 6) is 0.518. The van der Waals surface area contributed by atoms with Crippen LogP contribution in [0.3, 0.4) is 0 Å². The monoisotopic (exact) mass is 366 g/mol. The Morgan fingerprint density at radius 2 is 1.87 bits per heavy atom. The number of hydrogen-bond acceptors (Lipinski definition) is 4. The number of amides is 1. The standard InChI is InChI=1S/C16H12Cl2N2O2S/c1-8-15(9(2)22-20-8)13-3-4-14(23-13)16(21)19-12-6-10(17)5-11(18)7-12/h3-7H,1-2H3,(H,19,21). The molecule has 2 aromatic heterocycles. The van der Waals surface area contributed by atoms with Crippen molar-refractivity contribution in [3.05, 3.63) is 56.7 Å². The number of rotatable bonds is 3. The van der Waals surface area contributed by atoms with Crippen molar-refractivity contribution in [1.29, 1.82) is 0 Å². The summed E-state index contributed by atoms with van der Waals surface area (Å²) in [5.41, 5.74) is 2.29. The van der Waals surface area contributed by atoms with Crippen LogP contribution in [-0.4, -0.2) is 11.1 Å². The lowest BCUT2D eigenvalue weighted by molar-refractivity contribution is 0.103. The molecule has 0 unspecified atom stereocenters. The molecule has 0 bridgehead atoms. The van der Waals surface area contributed by atoms with Gasteiger partial charge in [-0.15, -0.1) is 11.3 Å². The quantitative estimate of drug-likeness (QED) is 0.658. The summed E-state index contributed by atoms with van der Waals surface area (Å²) in [6.07, 6.45) is 0. The largest absolute Gasteiger partial charge is 0.361 e. The van der Waals surface area contributed by atoms with Crippen molar-refractivity contribution in [2.24, 2.45) is 0 Å². The van der Waals surface area contributed by atoms with Gasteiger partial charge in [-0.25, -0.2) is 0 Å². The Labute approximate surface area is 147 Å². The average Bonchev–Trinajstić information content (AvgIpc) is 3.05. The van der Waals surface area contributed by atoms with E-state index < -0.39 is 0 Å². The van der Waals surface area contributed by atoms with E-state index >= 15 is 0 Å². The molecule has 0 spiro atoms. The van der Waals surface area contributed by atoms with Crippen LogP contribution in [0.2, 0.25) is 10.0 Å². The second kappa shape index (κ2) is 6.35. The fourth-order valence-electron chi connectivity index (χ4n) is 2.25. The van der Waals surface area contributed by atoms with Gasteiger partial charge in [-0.2, -0.15) is 0 Å². The number of carbonyl (C=O) groups excluding carboxylic acids is 1. The summed E-state index contributed by atoms with van der Waals surface area (Å²) in [5, 5.41) is 7.66. The van der Waals surface area contributed by atoms with E-state index in [0.29, 0.717) is 20.6 Å². The predicted octanol–water partition coefficient (Wildman–Crippen LogP) is 5.58. The molecule has 2 heterocycles. The third kappa shape index (κ3) is 3.42. The summed E-state index contributed by atoms with van der Waals surface area (Å²) in [4.78, 5) is 13.9. The van der Waals surface area contributed by atoms with Crippen LogP contribution in [-0.2, 0) is 0 Å². The van der Waals surface area contributed by atoms with E-state index in [1.54, 1.807) is 24.3 Å². The molecule has 4 nitrogen and oxygen atoms in total. The maximum absolute atomic E-state index is 12.4. The molecular formula is C16H12Cl2N2O2S. The van der Waals surface area contributed by atoms with Crippen LogP contribution >= 0.6 is 34.5 Å². The molecule has 3 aromatic rings. The molecule has 0 radical (unpaired) electrons. The zero-order valence-corrected chi connectivity index (χ0v) is 14.6. The molecule has 0 aliphatic heterocycles. The maximum Gasteiger partial charge on any atom is 0.265 e. The first-order valence-electron chi connectivity index (χ1n) is 6.74. The Morgan fingerprint density at radius 3 is 2.48 bits per heavy atom. The molecule has 1 amide bonds. The highest BCUT2D eigenvalue weighted by Gasteiger charge is 2.16. The van der Waals surface area contributed by atoms with E-state index in [0.717, 1.165) is 21.9 Å². The van der Waals surface area contributed by atoms with Gasteiger partial charge in [0, 0.05) is 20.6 Å². The number of aryl methyl sites for hydroxylation is 2. The van der Waals surface area contributed by atoms with Crippen LogP contribution in [0.4, 0.5) is 5.69 Å². The third-order valence-corrected chi connectivity index (χ3v) is 4.77. The van der Waals surface area contributed by atoms with Gasteiger partial charge >= 0.3 is 0 Å². The van der Waals surface area contributed by atoms with Crippen LogP contribution in [0, 0.1) is 13.8 Å². The summed E-state index contributed by atoms with van der Waals surface area (Å²) in [7, 11) is 0. The zero-order chi connectivity index (χ0) is 16.6. The van der Waals surface area contributed by atoms with Gasteiger partial charge in [0.25, 0.3) is 5.91 Å². The van der Waals surface area contributed by atoms with Crippen LogP contribution in [0.15, 0.2) is 34.9 Å². The first-order chi connectivity index (χ1) is 10.9. The van der Waals surface area contributed by atoms with Crippen LogP contribution in [0.5, 0.6) is 0 Å². The lowest BCUT2D eigenvalue weighted by atomic mass is 10.2. The summed E-state index contributed by atoms with van der Waals surface area (Å²) >= 11 is 13.2. The fraction of sp³-hybridized carbons (Fsp3) is 0.125. The SMILES string of the molecule is Cc1noc(C)c1-c1ccc(C(=O)Nc2cc(Cl)cc(Cl)c2)s1. The van der Waals surface area contributed by atoms with E-state index in [1.807, 2.05) is 19.9 Å². The van der Waals surface area contributed by atoms with E-state index in [9.17, 15) is 4.79 Å². The Hall–Kier alpha value is -1.82. The summed E-state index contributed by atoms with van der Waals surface area (Å²) in [6.45, 7) is 3.72. The first kappa shape index (κ1) is 16.1. The molecule has 23 heavy (non-hydrogen) atoms. The summed E-state index contributed by atoms with van der Waals surface area (Å²) in [6, 6.07) is 8.56. The molecule has 1 aromatic carbocycles. The van der Waals surface area contributed by atoms with Crippen molar-refractivity contribution >= 4 is 46.1 Å². The molecule has 0 aliphatic carbocycles. The number of aromatic nitrogens is 1. The lowest BCUT2D eigenvalue weighted by Crippen LogP contribution is -2.09. The van der Waals surface area contributed by atoms with Gasteiger partial charge in [0.15, 0.2) is 0 Å². The van der Waals surface area contributed by atoms with Crippen LogP contribution in [0.1, 0.15) is 21.1 Å². The second-order valence-electron chi connectivity index (χ2n) is 4.98. The van der Waals surface area contributed by atoms with Gasteiger partial charge in [0.05, 0.1) is 16.1 Å². The Balaban J connectivity index is 1.84. The highest BCUT2D eigenvalue weighted by Crippen LogP contribution is 2.33. The van der Waals surface area contributed by atoms with Crippen molar-refractivity contribution in [3.63, 3.8) is 0 Å². The number of thiophene rings is 1. The third-order valence-electron chi connectivity index (χ3n) is 3.23. The van der Waals surface area contributed by atoms with Gasteiger partial charge in [0.2, 0.25) is 0 Å². The van der Waals surface area contributed by atoms with E-state index in [-0.39, 0.29) is 5.91 Å². The number of nitrogens with one attached hydrogen (secondary N) is 1. The first-order valence-corrected chi connectivity index (χ1v) is 8.32. The number of halogens is 2. The minimum atomic E-state index is -0.216. The number of benzene rings is 1. The van der Waals surface area contributed by atoms with Crippen molar-refractivity contribution in [2.45, 2.75) is 13.8 Å². The number of carbonyl (C=O) groups is 1. The minimum Gasteiger partial charge on any atom is -0.361 e. The van der Waals surface area contributed by atoms with E-state index in [1.165, 1.54) is 11.3 Å². The molecule has 0 aliphatic rings. The Bertz CT molecular complexity index is 846. The van der Waals surface area contributed by atoms with Gasteiger partial charge in [-0.3, -0.25) is 4.79 Å². The highest BCUT2D eigenvalue weighted by molar-refractivity contribution is 7.17. The van der Waals surface area contributed by atoms with Gasteiger partial charge in [-0.05, 0) is 44.2 Å². The predicted molar refractivity (Wildman–Crippen MR) is 93.7 cm³/mol. The van der Waals surface area contributed by atoms with Gasteiger partial charge in [0.1, 0.15) is 5.76 Å². The number of hydrogen-bond donors (Lipinski definition) is 1. The molecule has 0 fully saturated rings. The van der Waals surface area contributed by atoms with Crippen LogP contribution in [0.25, 0.3) is 10.4 Å². The molecular weight excluding hydrogens is 355 g/mol. The molecule has 0 atom stereocenters. The van der Waals surface area contributed by atoms with Crippen LogP contribution < -0.4 is 5.32 Å². The average molecular weight is 367 g/mol. The molecule has 118 valence electrons. The molecule has 0 saturated carbocycles. The fourth-order valence-corrected chi connectivity index (χ4v) is 3.82. The minimum absolute atomic E-state index is 0.216. The smallest absolute Gasteiger partial charge is 0.265 e. The topological polar surface area (TPSA) is 55.1 Å². The Kier molecular flexibility index (Phi) is 4.43. The maximum atomic E-state index is 12.4. The van der Waals surface area contributed by atoms with Crippen molar-refractivity contribution < 1.29 is 9.32 Å². The van der Waals surface area contributed by atoms with Crippen molar-refractivity contribution in [2.75, 3.05) is 5.32 Å². The molecule has 1 N–H and O–H groups in total. The van der Waals surface area contributed by atoms with Gasteiger partial charge in [-0.1, -0.05) is 28.4 Å². The highest BCUT2D eigenvalue weighted by atomic mass is 35.5. The molecule has 0 saturated heterocycles. The Morgan fingerprint density at radius 1 is 1.17 bits per heavy atom. The molecule has 7 heteroatoms. The van der Waals surface area contributed by atoms with Crippen molar-refractivity contribution in [1.82, 2.24) is 5.16 Å². The zero-order valence-electron chi connectivity index (χ0n) is 12.3.